The minimum atomic E-state index is -4.97. The number of carbonyl (C=O) groups is 3. The first-order valence-corrected chi connectivity index (χ1v) is 17.2. The summed E-state index contributed by atoms with van der Waals surface area (Å²) in [4.78, 5) is 58.9. The number of halogens is 4. The average Bonchev–Trinajstić information content (AvgIpc) is 3.08. The van der Waals surface area contributed by atoms with Gasteiger partial charge in [-0.25, -0.2) is 47.0 Å². The number of nitrogens with one attached hydrogen (secondary N) is 3. The smallest absolute Gasteiger partial charge is 0.325 e. The number of aryl methyl sites for hydroxylation is 2. The summed E-state index contributed by atoms with van der Waals surface area (Å²) >= 11 is 0. The third-order valence-electron chi connectivity index (χ3n) is 7.60. The fourth-order valence-corrected chi connectivity index (χ4v) is 5.89. The van der Waals surface area contributed by atoms with Crippen LogP contribution in [0.15, 0.2) is 61.2 Å². The zero-order chi connectivity index (χ0) is 38.2. The molecule has 4 amide bonds. The first-order valence-electron chi connectivity index (χ1n) is 15.7. The molecule has 3 N–H and O–H groups in total. The van der Waals surface area contributed by atoms with Crippen LogP contribution in [0.3, 0.4) is 0 Å². The fraction of sp³-hybridized carbons (Fsp3) is 0.303. The summed E-state index contributed by atoms with van der Waals surface area (Å²) < 4.78 is 86.4. The summed E-state index contributed by atoms with van der Waals surface area (Å²) in [5.41, 5.74) is 0.218. The molecule has 0 spiro atoms. The van der Waals surface area contributed by atoms with Gasteiger partial charge in [-0.3, -0.25) is 9.59 Å². The number of hydrogen-bond donors (Lipinski definition) is 3. The van der Waals surface area contributed by atoms with Crippen molar-refractivity contribution in [2.75, 3.05) is 23.9 Å². The van der Waals surface area contributed by atoms with Crippen LogP contribution in [0.4, 0.5) is 33.7 Å². The lowest BCUT2D eigenvalue weighted by Gasteiger charge is -2.26. The third-order valence-corrected chi connectivity index (χ3v) is 8.65. The number of aromatic nitrogens is 4. The van der Waals surface area contributed by atoms with Crippen LogP contribution in [-0.4, -0.2) is 72.4 Å². The van der Waals surface area contributed by atoms with E-state index in [0.29, 0.717) is 36.6 Å². The summed E-state index contributed by atoms with van der Waals surface area (Å²) in [5.74, 6) is -4.67. The van der Waals surface area contributed by atoms with Crippen molar-refractivity contribution in [1.29, 1.82) is 0 Å². The standard InChI is InChI=1S/C33H35F4N9O5S/c1-5-29-38-15-25(16-39-29)45(3)31(47)27(11-19-7-21(34)13-22(35)8-19)42-33(49)44-52(50,51)43-28(12-20-9-23(36)14-24(37)10-20)32(48)46(4)26-17-40-30(6-2)41-18-26/h7-10,13-18,27-28,43H,5-6,11-12H2,1-4H3,(H2,42,44,49)/t27?,28-/m0/s1. The molecule has 52 heavy (non-hydrogen) atoms. The molecule has 14 nitrogen and oxygen atoms in total. The predicted molar refractivity (Wildman–Crippen MR) is 181 cm³/mol. The fourth-order valence-electron chi connectivity index (χ4n) is 4.96. The Morgan fingerprint density at radius 2 is 1.02 bits per heavy atom. The minimum absolute atomic E-state index is 0.0462. The highest BCUT2D eigenvalue weighted by atomic mass is 32.2. The van der Waals surface area contributed by atoms with Gasteiger partial charge < -0.3 is 15.1 Å². The van der Waals surface area contributed by atoms with Crippen LogP contribution < -0.4 is 24.6 Å². The third kappa shape index (κ3) is 10.7. The SMILES string of the molecule is CCc1ncc(N(C)C(=O)C(Cc2cc(F)cc(F)c2)NC(=O)NS(=O)(=O)N[C@@H](Cc2cc(F)cc(F)c2)C(=O)N(C)c2cnc(CC)nc2)cn1. The van der Waals surface area contributed by atoms with Crippen molar-refractivity contribution in [3.05, 3.63) is 107 Å². The van der Waals surface area contributed by atoms with Crippen molar-refractivity contribution in [2.24, 2.45) is 0 Å². The molecule has 1 unspecified atom stereocenters. The van der Waals surface area contributed by atoms with Crippen molar-refractivity contribution in [3.63, 3.8) is 0 Å². The second-order valence-corrected chi connectivity index (χ2v) is 12.9. The molecule has 0 fully saturated rings. The van der Waals surface area contributed by atoms with Gasteiger partial charge >= 0.3 is 16.2 Å². The molecule has 2 atom stereocenters. The molecule has 276 valence electrons. The Balaban J connectivity index is 1.58. The zero-order valence-electron chi connectivity index (χ0n) is 28.4. The van der Waals surface area contributed by atoms with Crippen LogP contribution in [0.5, 0.6) is 0 Å². The monoisotopic (exact) mass is 745 g/mol. The number of likely N-dealkylation sites (N-methyl/N-ethyl adjacent to an activating group) is 2. The van der Waals surface area contributed by atoms with E-state index in [1.165, 1.54) is 38.9 Å². The summed E-state index contributed by atoms with van der Waals surface area (Å²) in [6.45, 7) is 3.63. The van der Waals surface area contributed by atoms with E-state index >= 15 is 0 Å². The highest BCUT2D eigenvalue weighted by molar-refractivity contribution is 7.88. The Morgan fingerprint density at radius 1 is 0.654 bits per heavy atom. The van der Waals surface area contributed by atoms with E-state index in [9.17, 15) is 40.4 Å². The molecule has 19 heteroatoms. The van der Waals surface area contributed by atoms with Gasteiger partial charge in [0.15, 0.2) is 0 Å². The van der Waals surface area contributed by atoms with E-state index in [-0.39, 0.29) is 22.5 Å². The van der Waals surface area contributed by atoms with Gasteiger partial charge in [-0.15, -0.1) is 0 Å². The lowest BCUT2D eigenvalue weighted by atomic mass is 10.0. The van der Waals surface area contributed by atoms with E-state index < -0.39 is 76.2 Å². The highest BCUT2D eigenvalue weighted by Crippen LogP contribution is 2.17. The van der Waals surface area contributed by atoms with Gasteiger partial charge in [0.2, 0.25) is 11.8 Å². The summed E-state index contributed by atoms with van der Waals surface area (Å²) in [7, 11) is -2.35. The summed E-state index contributed by atoms with van der Waals surface area (Å²) in [6.07, 6.45) is 5.31. The van der Waals surface area contributed by atoms with Gasteiger partial charge in [-0.1, -0.05) is 13.8 Å². The van der Waals surface area contributed by atoms with E-state index in [1.54, 1.807) is 4.72 Å². The molecular weight excluding hydrogens is 710 g/mol. The highest BCUT2D eigenvalue weighted by Gasteiger charge is 2.32. The van der Waals surface area contributed by atoms with Crippen molar-refractivity contribution < 1.29 is 40.4 Å². The molecule has 0 saturated heterocycles. The van der Waals surface area contributed by atoms with Gasteiger partial charge in [-0.2, -0.15) is 13.1 Å². The van der Waals surface area contributed by atoms with Gasteiger partial charge in [0, 0.05) is 45.5 Å². The van der Waals surface area contributed by atoms with Crippen LogP contribution in [0, 0.1) is 23.3 Å². The number of urea groups is 1. The number of carbonyl (C=O) groups excluding carboxylic acids is 3. The molecule has 2 heterocycles. The van der Waals surface area contributed by atoms with Crippen LogP contribution in [0.1, 0.15) is 36.6 Å². The van der Waals surface area contributed by atoms with E-state index in [2.05, 4.69) is 25.3 Å². The second kappa shape index (κ2) is 17.1. The predicted octanol–water partition coefficient (Wildman–Crippen LogP) is 2.93. The molecule has 4 aromatic rings. The Labute approximate surface area is 296 Å². The second-order valence-electron chi connectivity index (χ2n) is 11.5. The Bertz CT molecular complexity index is 1980. The van der Waals surface area contributed by atoms with Crippen molar-refractivity contribution in [2.45, 2.75) is 51.6 Å². The number of hydrogen-bond acceptors (Lipinski definition) is 9. The van der Waals surface area contributed by atoms with Crippen LogP contribution in [-0.2, 0) is 45.5 Å². The number of benzene rings is 2. The molecule has 0 aliphatic heterocycles. The number of anilines is 2. The Hall–Kier alpha value is -5.56. The maximum Gasteiger partial charge on any atom is 0.330 e. The number of rotatable bonds is 14. The molecule has 0 radical (unpaired) electrons. The van der Waals surface area contributed by atoms with Crippen molar-refractivity contribution >= 4 is 39.4 Å². The lowest BCUT2D eigenvalue weighted by Crippen LogP contribution is -2.57. The lowest BCUT2D eigenvalue weighted by molar-refractivity contribution is -0.120. The van der Waals surface area contributed by atoms with Crippen LogP contribution in [0.25, 0.3) is 0 Å². The summed E-state index contributed by atoms with van der Waals surface area (Å²) in [6, 6.07) is 0.0673. The number of nitrogens with zero attached hydrogens (tertiary/aromatic N) is 6. The maximum absolute atomic E-state index is 14.0. The van der Waals surface area contributed by atoms with E-state index in [1.807, 2.05) is 18.6 Å². The van der Waals surface area contributed by atoms with Crippen molar-refractivity contribution in [3.8, 4) is 0 Å². The van der Waals surface area contributed by atoms with Gasteiger partial charge in [-0.05, 0) is 41.8 Å². The zero-order valence-corrected chi connectivity index (χ0v) is 29.2. The van der Waals surface area contributed by atoms with Crippen LogP contribution >= 0.6 is 0 Å². The van der Waals surface area contributed by atoms with Gasteiger partial charge in [0.25, 0.3) is 0 Å². The molecule has 2 aromatic carbocycles. The average molecular weight is 746 g/mol. The Morgan fingerprint density at radius 3 is 1.40 bits per heavy atom. The molecule has 0 bridgehead atoms. The molecule has 0 saturated carbocycles. The molecule has 2 aromatic heterocycles. The maximum atomic E-state index is 14.0. The topological polar surface area (TPSA) is 179 Å². The normalized spacial score (nSPS) is 12.5. The van der Waals surface area contributed by atoms with Crippen molar-refractivity contribution in [1.82, 2.24) is 34.7 Å². The van der Waals surface area contributed by atoms with E-state index in [4.69, 9.17) is 0 Å². The first kappa shape index (κ1) is 39.2. The largest absolute Gasteiger partial charge is 0.330 e. The van der Waals surface area contributed by atoms with Gasteiger partial charge in [0.05, 0.1) is 36.2 Å². The molecular formula is C33H35F4N9O5S. The molecule has 0 aliphatic carbocycles. The number of amides is 4. The Kier molecular flexibility index (Phi) is 12.9. The van der Waals surface area contributed by atoms with E-state index in [0.717, 1.165) is 34.1 Å². The molecule has 4 rings (SSSR count). The molecule has 0 aliphatic rings. The first-order chi connectivity index (χ1) is 24.6. The van der Waals surface area contributed by atoms with Gasteiger partial charge in [0.1, 0.15) is 47.0 Å². The minimum Gasteiger partial charge on any atom is -0.325 e. The summed E-state index contributed by atoms with van der Waals surface area (Å²) in [5, 5.41) is 2.20. The van der Waals surface area contributed by atoms with Crippen LogP contribution in [0.2, 0.25) is 0 Å². The quantitative estimate of drug-likeness (QED) is 0.164.